The molecule has 1 saturated heterocycles. The number of nitrogens with two attached hydrogens (primary N) is 3. The van der Waals surface area contributed by atoms with E-state index in [4.69, 9.17) is 17.2 Å². The van der Waals surface area contributed by atoms with Gasteiger partial charge in [0.15, 0.2) is 0 Å². The molecule has 0 bridgehead atoms. The normalized spacial score (nSPS) is 18.3. The Labute approximate surface area is 197 Å². The van der Waals surface area contributed by atoms with Crippen molar-refractivity contribution in [2.75, 3.05) is 25.1 Å². The van der Waals surface area contributed by atoms with E-state index in [0.29, 0.717) is 50.8 Å². The summed E-state index contributed by atoms with van der Waals surface area (Å²) < 4.78 is 0. The molecule has 0 aromatic heterocycles. The molecular formula is C20H36N6O6S. The third kappa shape index (κ3) is 9.56. The number of nitrogens with one attached hydrogen (secondary N) is 2. The molecule has 1 fully saturated rings. The van der Waals surface area contributed by atoms with E-state index < -0.39 is 60.2 Å². The zero-order chi connectivity index (χ0) is 25.0. The molecule has 0 aromatic carbocycles. The van der Waals surface area contributed by atoms with Gasteiger partial charge < -0.3 is 37.8 Å². The molecule has 0 radical (unpaired) electrons. The fourth-order valence-electron chi connectivity index (χ4n) is 3.58. The van der Waals surface area contributed by atoms with Crippen LogP contribution in [0.5, 0.6) is 0 Å². The lowest BCUT2D eigenvalue weighted by Gasteiger charge is -2.30. The number of carbonyl (C=O) groups is 5. The average Bonchev–Trinajstić information content (AvgIpc) is 3.25. The molecule has 0 saturated carbocycles. The summed E-state index contributed by atoms with van der Waals surface area (Å²) in [5.41, 5.74) is 16.5. The standard InChI is InChI=1S/C20H36N6O6S/c1-33-10-7-12(22)17(28)24-13(5-2-3-8-21)19(30)26-9-4-6-15(26)18(29)25-14(20(31)32)11-16(23)27/h12-15H,2-11,21-22H2,1H3,(H2,23,27)(H,24,28)(H,25,29)(H,31,32). The highest BCUT2D eigenvalue weighted by atomic mass is 32.2. The van der Waals surface area contributed by atoms with E-state index >= 15 is 0 Å². The first-order valence-electron chi connectivity index (χ1n) is 11.0. The summed E-state index contributed by atoms with van der Waals surface area (Å²) in [5, 5.41) is 14.2. The highest BCUT2D eigenvalue weighted by Gasteiger charge is 2.39. The number of unbranched alkanes of at least 4 members (excludes halogenated alkanes) is 1. The minimum atomic E-state index is -1.48. The zero-order valence-electron chi connectivity index (χ0n) is 19.0. The number of rotatable bonds is 15. The van der Waals surface area contributed by atoms with Crippen LogP contribution in [0.3, 0.4) is 0 Å². The maximum atomic E-state index is 13.3. The Hall–Kier alpha value is -2.38. The first kappa shape index (κ1) is 28.7. The third-order valence-electron chi connectivity index (χ3n) is 5.39. The molecule has 188 valence electrons. The van der Waals surface area contributed by atoms with Crippen molar-refractivity contribution in [2.24, 2.45) is 17.2 Å². The molecule has 4 atom stereocenters. The number of hydrogen-bond acceptors (Lipinski definition) is 8. The number of nitrogens with zero attached hydrogens (tertiary/aromatic N) is 1. The van der Waals surface area contributed by atoms with E-state index in [9.17, 15) is 29.1 Å². The van der Waals surface area contributed by atoms with Crippen molar-refractivity contribution in [3.8, 4) is 0 Å². The van der Waals surface area contributed by atoms with Gasteiger partial charge in [0.25, 0.3) is 0 Å². The second kappa shape index (κ2) is 14.7. The number of carboxylic acid groups (broad SMARTS) is 1. The van der Waals surface area contributed by atoms with Gasteiger partial charge in [-0.1, -0.05) is 0 Å². The second-order valence-corrected chi connectivity index (χ2v) is 8.98. The average molecular weight is 489 g/mol. The van der Waals surface area contributed by atoms with Gasteiger partial charge >= 0.3 is 5.97 Å². The van der Waals surface area contributed by atoms with Gasteiger partial charge in [-0.05, 0) is 57.1 Å². The molecule has 9 N–H and O–H groups in total. The molecule has 1 rings (SSSR count). The fourth-order valence-corrected chi connectivity index (χ4v) is 4.07. The molecule has 0 aromatic rings. The van der Waals surface area contributed by atoms with E-state index in [-0.39, 0.29) is 6.54 Å². The Morgan fingerprint density at radius 1 is 1.12 bits per heavy atom. The number of hydrogen-bond donors (Lipinski definition) is 6. The van der Waals surface area contributed by atoms with Crippen molar-refractivity contribution in [1.29, 1.82) is 0 Å². The molecule has 1 aliphatic heterocycles. The molecule has 33 heavy (non-hydrogen) atoms. The van der Waals surface area contributed by atoms with Crippen LogP contribution in [0.4, 0.5) is 0 Å². The molecule has 1 aliphatic rings. The van der Waals surface area contributed by atoms with Crippen LogP contribution in [0.25, 0.3) is 0 Å². The predicted molar refractivity (Wildman–Crippen MR) is 124 cm³/mol. The predicted octanol–water partition coefficient (Wildman–Crippen LogP) is -1.88. The van der Waals surface area contributed by atoms with Crippen LogP contribution in [0.2, 0.25) is 0 Å². The van der Waals surface area contributed by atoms with Gasteiger partial charge in [0.2, 0.25) is 23.6 Å². The lowest BCUT2D eigenvalue weighted by atomic mass is 10.1. The van der Waals surface area contributed by atoms with Crippen molar-refractivity contribution >= 4 is 41.4 Å². The Balaban J connectivity index is 2.92. The fraction of sp³-hybridized carbons (Fsp3) is 0.750. The maximum Gasteiger partial charge on any atom is 0.326 e. The Morgan fingerprint density at radius 2 is 1.82 bits per heavy atom. The van der Waals surface area contributed by atoms with E-state index in [0.717, 1.165) is 0 Å². The molecule has 4 amide bonds. The SMILES string of the molecule is CSCCC(N)C(=O)NC(CCCCN)C(=O)N1CCCC1C(=O)NC(CC(N)=O)C(=O)O. The van der Waals surface area contributed by atoms with E-state index in [1.165, 1.54) is 4.90 Å². The molecule has 0 aliphatic carbocycles. The Morgan fingerprint density at radius 3 is 2.39 bits per heavy atom. The van der Waals surface area contributed by atoms with Crippen LogP contribution in [0.1, 0.15) is 44.9 Å². The van der Waals surface area contributed by atoms with Crippen molar-refractivity contribution in [2.45, 2.75) is 69.1 Å². The number of thioether (sulfide) groups is 1. The smallest absolute Gasteiger partial charge is 0.326 e. The molecule has 13 heteroatoms. The summed E-state index contributed by atoms with van der Waals surface area (Å²) in [6, 6.07) is -4.03. The first-order valence-corrected chi connectivity index (χ1v) is 12.4. The van der Waals surface area contributed by atoms with Crippen LogP contribution in [0, 0.1) is 0 Å². The van der Waals surface area contributed by atoms with Gasteiger partial charge in [-0.2, -0.15) is 11.8 Å². The van der Waals surface area contributed by atoms with Crippen molar-refractivity contribution in [3.63, 3.8) is 0 Å². The number of primary amides is 1. The lowest BCUT2D eigenvalue weighted by Crippen LogP contribution is -2.57. The summed E-state index contributed by atoms with van der Waals surface area (Å²) in [7, 11) is 0. The summed E-state index contributed by atoms with van der Waals surface area (Å²) in [6.45, 7) is 0.722. The maximum absolute atomic E-state index is 13.3. The zero-order valence-corrected chi connectivity index (χ0v) is 19.8. The Bertz CT molecular complexity index is 709. The van der Waals surface area contributed by atoms with Gasteiger partial charge in [-0.3, -0.25) is 19.2 Å². The van der Waals surface area contributed by atoms with Crippen LogP contribution in [-0.2, 0) is 24.0 Å². The number of likely N-dealkylation sites (tertiary alicyclic amines) is 1. The third-order valence-corrected chi connectivity index (χ3v) is 6.03. The highest BCUT2D eigenvalue weighted by Crippen LogP contribution is 2.20. The van der Waals surface area contributed by atoms with E-state index in [2.05, 4.69) is 10.6 Å². The summed E-state index contributed by atoms with van der Waals surface area (Å²) in [5.74, 6) is -3.13. The van der Waals surface area contributed by atoms with Crippen LogP contribution in [-0.4, -0.2) is 88.9 Å². The molecule has 12 nitrogen and oxygen atoms in total. The molecule has 4 unspecified atom stereocenters. The topological polar surface area (TPSA) is 211 Å². The monoisotopic (exact) mass is 488 g/mol. The Kier molecular flexibility index (Phi) is 12.8. The number of carboxylic acids is 1. The summed E-state index contributed by atoms with van der Waals surface area (Å²) in [4.78, 5) is 62.3. The molecule has 1 heterocycles. The van der Waals surface area contributed by atoms with Crippen LogP contribution in [0.15, 0.2) is 0 Å². The van der Waals surface area contributed by atoms with E-state index in [1.54, 1.807) is 11.8 Å². The minimum absolute atomic E-state index is 0.284. The quantitative estimate of drug-likeness (QED) is 0.142. The van der Waals surface area contributed by atoms with Crippen molar-refractivity contribution < 1.29 is 29.1 Å². The van der Waals surface area contributed by atoms with Crippen molar-refractivity contribution in [3.05, 3.63) is 0 Å². The number of aliphatic carboxylic acids is 1. The van der Waals surface area contributed by atoms with Crippen LogP contribution < -0.4 is 27.8 Å². The second-order valence-electron chi connectivity index (χ2n) is 7.99. The largest absolute Gasteiger partial charge is 0.480 e. The first-order chi connectivity index (χ1) is 15.6. The minimum Gasteiger partial charge on any atom is -0.480 e. The lowest BCUT2D eigenvalue weighted by molar-refractivity contribution is -0.146. The van der Waals surface area contributed by atoms with Crippen molar-refractivity contribution in [1.82, 2.24) is 15.5 Å². The molecule has 0 spiro atoms. The van der Waals surface area contributed by atoms with Gasteiger partial charge in [-0.15, -0.1) is 0 Å². The van der Waals surface area contributed by atoms with E-state index in [1.807, 2.05) is 6.26 Å². The van der Waals surface area contributed by atoms with Gasteiger partial charge in [0.1, 0.15) is 18.1 Å². The highest BCUT2D eigenvalue weighted by molar-refractivity contribution is 7.98. The van der Waals surface area contributed by atoms with Crippen LogP contribution >= 0.6 is 11.8 Å². The van der Waals surface area contributed by atoms with Gasteiger partial charge in [0, 0.05) is 6.54 Å². The molecular weight excluding hydrogens is 452 g/mol. The van der Waals surface area contributed by atoms with Gasteiger partial charge in [0.05, 0.1) is 12.5 Å². The van der Waals surface area contributed by atoms with Gasteiger partial charge in [-0.25, -0.2) is 4.79 Å². The number of carbonyl (C=O) groups excluding carboxylic acids is 4. The summed E-state index contributed by atoms with van der Waals surface area (Å²) >= 11 is 1.56. The number of amides is 4. The summed E-state index contributed by atoms with van der Waals surface area (Å²) in [6.07, 6.45) is 4.26.